The summed E-state index contributed by atoms with van der Waals surface area (Å²) in [4.78, 5) is 30.4. The lowest BCUT2D eigenvalue weighted by Crippen LogP contribution is -2.42. The number of sulfonamides is 1. The van der Waals surface area contributed by atoms with Gasteiger partial charge in [0.1, 0.15) is 0 Å². The summed E-state index contributed by atoms with van der Waals surface area (Å²) in [6, 6.07) is 16.4. The summed E-state index contributed by atoms with van der Waals surface area (Å²) >= 11 is 12.0. The van der Waals surface area contributed by atoms with Gasteiger partial charge in [0.2, 0.25) is 10.0 Å². The number of imidazole rings is 1. The molecule has 1 saturated heterocycles. The third kappa shape index (κ3) is 5.10. The Morgan fingerprint density at radius 1 is 1.00 bits per heavy atom. The summed E-state index contributed by atoms with van der Waals surface area (Å²) in [6.07, 6.45) is 1.21. The van der Waals surface area contributed by atoms with E-state index in [0.717, 1.165) is 16.6 Å². The van der Waals surface area contributed by atoms with Gasteiger partial charge in [-0.1, -0.05) is 47.5 Å². The number of para-hydroxylation sites is 1. The lowest BCUT2D eigenvalue weighted by molar-refractivity contribution is 0.184. The molecule has 5 rings (SSSR count). The number of benzene rings is 3. The number of aromatic amines is 1. The molecule has 4 N–H and O–H groups in total. The number of urea groups is 1. The minimum Gasteiger partial charge on any atom is -0.324 e. The molecule has 0 spiro atoms. The minimum absolute atomic E-state index is 0.0180. The number of hydrogen-bond donors (Lipinski definition) is 3. The summed E-state index contributed by atoms with van der Waals surface area (Å²) in [5.41, 5.74) is 3.25. The van der Waals surface area contributed by atoms with E-state index in [1.54, 1.807) is 39.8 Å². The number of H-pyrrole nitrogens is 1. The quantitative estimate of drug-likeness (QED) is 0.330. The van der Waals surface area contributed by atoms with Gasteiger partial charge in [0.05, 0.1) is 26.0 Å². The van der Waals surface area contributed by atoms with Gasteiger partial charge >= 0.3 is 11.7 Å². The van der Waals surface area contributed by atoms with Crippen LogP contribution in [0.5, 0.6) is 0 Å². The van der Waals surface area contributed by atoms with E-state index < -0.39 is 10.0 Å². The maximum atomic E-state index is 13.0. The Morgan fingerprint density at radius 2 is 1.70 bits per heavy atom. The molecule has 37 heavy (non-hydrogen) atoms. The first-order valence-corrected chi connectivity index (χ1v) is 13.8. The smallest absolute Gasteiger partial charge is 0.324 e. The van der Waals surface area contributed by atoms with Gasteiger partial charge in [-0.25, -0.2) is 23.1 Å². The number of halogens is 2. The molecule has 2 heterocycles. The Bertz CT molecular complexity index is 1660. The largest absolute Gasteiger partial charge is 0.326 e. The van der Waals surface area contributed by atoms with E-state index in [9.17, 15) is 18.0 Å². The number of nitrogens with two attached hydrogens (primary N) is 1. The summed E-state index contributed by atoms with van der Waals surface area (Å²) in [6.45, 7) is 0.956. The Balaban J connectivity index is 1.35. The van der Waals surface area contributed by atoms with E-state index in [-0.39, 0.29) is 22.7 Å². The molecule has 192 valence electrons. The summed E-state index contributed by atoms with van der Waals surface area (Å²) in [5.74, 6) is 0. The van der Waals surface area contributed by atoms with Crippen LogP contribution in [0.3, 0.4) is 0 Å². The lowest BCUT2D eigenvalue weighted by Gasteiger charge is -2.32. The molecule has 2 amide bonds. The number of amides is 2. The van der Waals surface area contributed by atoms with Crippen LogP contribution >= 0.6 is 23.2 Å². The predicted molar refractivity (Wildman–Crippen MR) is 145 cm³/mol. The molecule has 0 saturated carbocycles. The summed E-state index contributed by atoms with van der Waals surface area (Å²) in [5, 5.41) is 8.80. The van der Waals surface area contributed by atoms with Crippen molar-refractivity contribution < 1.29 is 13.2 Å². The number of hydrogen-bond acceptors (Lipinski definition) is 4. The molecule has 0 unspecified atom stereocenters. The van der Waals surface area contributed by atoms with Crippen molar-refractivity contribution in [2.45, 2.75) is 23.8 Å². The molecule has 9 nitrogen and oxygen atoms in total. The number of anilines is 1. The molecular formula is C25H23Cl2N5O4S. The zero-order chi connectivity index (χ0) is 26.3. The van der Waals surface area contributed by atoms with Crippen LogP contribution in [0.2, 0.25) is 10.0 Å². The zero-order valence-electron chi connectivity index (χ0n) is 19.4. The first kappa shape index (κ1) is 25.3. The van der Waals surface area contributed by atoms with Crippen molar-refractivity contribution in [1.82, 2.24) is 14.5 Å². The van der Waals surface area contributed by atoms with Crippen LogP contribution in [0.1, 0.15) is 18.9 Å². The SMILES string of the molecule is NS(=O)(=O)c1ccc(-c2cccc3c2[nH]c(=O)n3C2CCN(C(=O)Nc3ccc(Cl)c(Cl)c3)CC2)cc1. The van der Waals surface area contributed by atoms with Crippen LogP contribution in [0, 0.1) is 0 Å². The lowest BCUT2D eigenvalue weighted by atomic mass is 10.0. The van der Waals surface area contributed by atoms with Crippen molar-refractivity contribution in [3.63, 3.8) is 0 Å². The number of likely N-dealkylation sites (tertiary alicyclic amines) is 1. The fourth-order valence-electron chi connectivity index (χ4n) is 4.68. The van der Waals surface area contributed by atoms with Crippen LogP contribution in [-0.4, -0.2) is 42.0 Å². The number of fused-ring (bicyclic) bond motifs is 1. The number of piperidine rings is 1. The fraction of sp³-hybridized carbons (Fsp3) is 0.200. The molecule has 12 heteroatoms. The van der Waals surface area contributed by atoms with Crippen molar-refractivity contribution in [3.8, 4) is 11.1 Å². The van der Waals surface area contributed by atoms with E-state index in [4.69, 9.17) is 28.3 Å². The highest BCUT2D eigenvalue weighted by Gasteiger charge is 2.27. The Morgan fingerprint density at radius 3 is 2.35 bits per heavy atom. The molecule has 1 fully saturated rings. The second-order valence-corrected chi connectivity index (χ2v) is 11.2. The fourth-order valence-corrected chi connectivity index (χ4v) is 5.49. The number of carbonyl (C=O) groups excluding carboxylic acids is 1. The van der Waals surface area contributed by atoms with Gasteiger partial charge < -0.3 is 15.2 Å². The number of nitrogens with one attached hydrogen (secondary N) is 2. The Kier molecular flexibility index (Phi) is 6.76. The second-order valence-electron chi connectivity index (χ2n) is 8.85. The molecule has 1 aliphatic heterocycles. The van der Waals surface area contributed by atoms with E-state index in [1.807, 2.05) is 18.2 Å². The van der Waals surface area contributed by atoms with E-state index in [0.29, 0.717) is 47.2 Å². The van der Waals surface area contributed by atoms with Crippen molar-refractivity contribution in [3.05, 3.63) is 81.2 Å². The van der Waals surface area contributed by atoms with Gasteiger partial charge in [-0.05, 0) is 54.8 Å². The maximum absolute atomic E-state index is 13.0. The average Bonchev–Trinajstić information content (AvgIpc) is 3.21. The van der Waals surface area contributed by atoms with Crippen LogP contribution in [-0.2, 0) is 10.0 Å². The van der Waals surface area contributed by atoms with Gasteiger partial charge in [0.15, 0.2) is 0 Å². The minimum atomic E-state index is -3.80. The van der Waals surface area contributed by atoms with Crippen molar-refractivity contribution in [2.24, 2.45) is 5.14 Å². The first-order valence-electron chi connectivity index (χ1n) is 11.5. The zero-order valence-corrected chi connectivity index (χ0v) is 21.8. The number of rotatable bonds is 4. The van der Waals surface area contributed by atoms with Crippen molar-refractivity contribution in [1.29, 1.82) is 0 Å². The summed E-state index contributed by atoms with van der Waals surface area (Å²) < 4.78 is 24.9. The van der Waals surface area contributed by atoms with Gasteiger partial charge in [0.25, 0.3) is 0 Å². The van der Waals surface area contributed by atoms with E-state index >= 15 is 0 Å². The molecule has 3 aromatic carbocycles. The average molecular weight is 560 g/mol. The molecule has 0 aliphatic carbocycles. The Labute approximate surface area is 222 Å². The molecule has 4 aromatic rings. The van der Waals surface area contributed by atoms with Crippen LogP contribution in [0.25, 0.3) is 22.2 Å². The van der Waals surface area contributed by atoms with Crippen molar-refractivity contribution in [2.75, 3.05) is 18.4 Å². The van der Waals surface area contributed by atoms with Crippen LogP contribution in [0.4, 0.5) is 10.5 Å². The standard InChI is InChI=1S/C25H23Cl2N5O4S/c26-20-9-6-16(14-21(20)27)29-24(33)31-12-10-17(11-13-31)32-22-3-1-2-19(23(22)30-25(32)34)15-4-7-18(8-5-15)37(28,35)36/h1-9,14,17H,10-13H2,(H,29,33)(H,30,34)(H2,28,35,36). The number of nitrogens with zero attached hydrogens (tertiary/aromatic N) is 2. The number of aromatic nitrogens is 2. The van der Waals surface area contributed by atoms with Crippen LogP contribution < -0.4 is 16.1 Å². The van der Waals surface area contributed by atoms with E-state index in [1.165, 1.54) is 12.1 Å². The third-order valence-electron chi connectivity index (χ3n) is 6.53. The molecule has 0 radical (unpaired) electrons. The number of primary sulfonamides is 1. The molecule has 1 aliphatic rings. The molecule has 0 bridgehead atoms. The van der Waals surface area contributed by atoms with E-state index in [2.05, 4.69) is 10.3 Å². The third-order valence-corrected chi connectivity index (χ3v) is 8.20. The second kappa shape index (κ2) is 9.86. The van der Waals surface area contributed by atoms with Gasteiger partial charge in [-0.2, -0.15) is 0 Å². The number of carbonyl (C=O) groups is 1. The van der Waals surface area contributed by atoms with Crippen molar-refractivity contribution >= 4 is 56.0 Å². The monoisotopic (exact) mass is 559 g/mol. The maximum Gasteiger partial charge on any atom is 0.326 e. The molecule has 1 aromatic heterocycles. The topological polar surface area (TPSA) is 130 Å². The highest BCUT2D eigenvalue weighted by atomic mass is 35.5. The highest BCUT2D eigenvalue weighted by molar-refractivity contribution is 7.89. The van der Waals surface area contributed by atoms with Gasteiger partial charge in [-0.3, -0.25) is 4.57 Å². The first-order chi connectivity index (χ1) is 17.6. The van der Waals surface area contributed by atoms with Gasteiger partial charge in [-0.15, -0.1) is 0 Å². The molecular weight excluding hydrogens is 537 g/mol. The highest BCUT2D eigenvalue weighted by Crippen LogP contribution is 2.31. The predicted octanol–water partition coefficient (Wildman–Crippen LogP) is 4.82. The molecule has 0 atom stereocenters. The van der Waals surface area contributed by atoms with Gasteiger partial charge in [0, 0.05) is 30.4 Å². The van der Waals surface area contributed by atoms with Crippen LogP contribution in [0.15, 0.2) is 70.4 Å². The summed E-state index contributed by atoms with van der Waals surface area (Å²) in [7, 11) is -3.80. The normalized spacial score (nSPS) is 14.7. The Hall–Kier alpha value is -3.31.